The SMILES string of the molecule is CC(C)(CC(N)=O)Nc1ncnc(NN)c1[N+](=O)[O-]. The highest BCUT2D eigenvalue weighted by atomic mass is 16.6. The Hall–Kier alpha value is -2.49. The highest BCUT2D eigenvalue weighted by Crippen LogP contribution is 2.30. The summed E-state index contributed by atoms with van der Waals surface area (Å²) in [6.45, 7) is 3.33. The minimum absolute atomic E-state index is 0.0143. The number of carbonyl (C=O) groups is 1. The number of aromatic nitrogens is 2. The zero-order chi connectivity index (χ0) is 14.6. The Labute approximate surface area is 108 Å². The summed E-state index contributed by atoms with van der Waals surface area (Å²) < 4.78 is 0. The van der Waals surface area contributed by atoms with Crippen LogP contribution in [0.4, 0.5) is 17.3 Å². The van der Waals surface area contributed by atoms with Crippen molar-refractivity contribution in [1.29, 1.82) is 0 Å². The van der Waals surface area contributed by atoms with Gasteiger partial charge in [-0.2, -0.15) is 0 Å². The highest BCUT2D eigenvalue weighted by Gasteiger charge is 2.28. The molecule has 1 heterocycles. The number of anilines is 2. The number of hydrogen-bond acceptors (Lipinski definition) is 8. The van der Waals surface area contributed by atoms with Gasteiger partial charge in [-0.05, 0) is 13.8 Å². The highest BCUT2D eigenvalue weighted by molar-refractivity contribution is 5.76. The van der Waals surface area contributed by atoms with Crippen LogP contribution in [0.3, 0.4) is 0 Å². The quantitative estimate of drug-likeness (QED) is 0.311. The van der Waals surface area contributed by atoms with E-state index in [2.05, 4.69) is 20.7 Å². The Balaban J connectivity index is 3.14. The minimum Gasteiger partial charge on any atom is -0.370 e. The average Bonchev–Trinajstić information content (AvgIpc) is 2.25. The Bertz CT molecular complexity index is 503. The molecule has 1 aromatic heterocycles. The number of nitrogen functional groups attached to an aromatic ring is 1. The third kappa shape index (κ3) is 3.74. The maximum absolute atomic E-state index is 11.0. The van der Waals surface area contributed by atoms with E-state index < -0.39 is 22.1 Å². The smallest absolute Gasteiger partial charge is 0.354 e. The molecule has 0 aliphatic heterocycles. The molecule has 0 fully saturated rings. The monoisotopic (exact) mass is 269 g/mol. The van der Waals surface area contributed by atoms with Crippen LogP contribution in [-0.4, -0.2) is 26.3 Å². The van der Waals surface area contributed by atoms with Crippen molar-refractivity contribution in [3.63, 3.8) is 0 Å². The van der Waals surface area contributed by atoms with Crippen LogP contribution >= 0.6 is 0 Å². The first kappa shape index (κ1) is 14.6. The fourth-order valence-corrected chi connectivity index (χ4v) is 1.55. The van der Waals surface area contributed by atoms with Crippen LogP contribution in [0, 0.1) is 10.1 Å². The summed E-state index contributed by atoms with van der Waals surface area (Å²) in [6, 6.07) is 0. The number of rotatable bonds is 6. The van der Waals surface area contributed by atoms with Gasteiger partial charge < -0.3 is 16.5 Å². The first-order valence-electron chi connectivity index (χ1n) is 5.29. The van der Waals surface area contributed by atoms with Gasteiger partial charge >= 0.3 is 5.69 Å². The molecule has 1 amide bonds. The van der Waals surface area contributed by atoms with Crippen LogP contribution in [-0.2, 0) is 4.79 Å². The average molecular weight is 269 g/mol. The largest absolute Gasteiger partial charge is 0.370 e. The van der Waals surface area contributed by atoms with Crippen LogP contribution in [0.5, 0.6) is 0 Å². The number of nitro groups is 1. The number of nitrogens with zero attached hydrogens (tertiary/aromatic N) is 3. The van der Waals surface area contributed by atoms with E-state index in [4.69, 9.17) is 11.6 Å². The molecule has 0 atom stereocenters. The summed E-state index contributed by atoms with van der Waals surface area (Å²) in [6.07, 6.45) is 1.10. The van der Waals surface area contributed by atoms with Crippen LogP contribution < -0.4 is 22.3 Å². The zero-order valence-corrected chi connectivity index (χ0v) is 10.5. The molecule has 104 valence electrons. The molecule has 0 aliphatic rings. The van der Waals surface area contributed by atoms with Gasteiger partial charge in [0.15, 0.2) is 0 Å². The number of nitrogens with one attached hydrogen (secondary N) is 2. The van der Waals surface area contributed by atoms with Crippen LogP contribution in [0.1, 0.15) is 20.3 Å². The molecule has 19 heavy (non-hydrogen) atoms. The van der Waals surface area contributed by atoms with Crippen molar-refractivity contribution in [3.8, 4) is 0 Å². The van der Waals surface area contributed by atoms with Gasteiger partial charge in [-0.3, -0.25) is 14.9 Å². The van der Waals surface area contributed by atoms with Gasteiger partial charge in [-0.25, -0.2) is 15.8 Å². The number of nitrogens with two attached hydrogens (primary N) is 2. The number of hydrogen-bond donors (Lipinski definition) is 4. The predicted molar refractivity (Wildman–Crippen MR) is 68.0 cm³/mol. The molecule has 10 nitrogen and oxygen atoms in total. The van der Waals surface area contributed by atoms with Crippen molar-refractivity contribution in [2.75, 3.05) is 10.7 Å². The summed E-state index contributed by atoms with van der Waals surface area (Å²) in [5.41, 5.74) is 6.03. The van der Waals surface area contributed by atoms with Gasteiger partial charge in [0.1, 0.15) is 6.33 Å². The molecular weight excluding hydrogens is 254 g/mol. The Kier molecular flexibility index (Phi) is 4.17. The van der Waals surface area contributed by atoms with Crippen LogP contribution in [0.25, 0.3) is 0 Å². The van der Waals surface area contributed by atoms with E-state index in [0.717, 1.165) is 6.33 Å². The summed E-state index contributed by atoms with van der Waals surface area (Å²) in [7, 11) is 0. The summed E-state index contributed by atoms with van der Waals surface area (Å²) >= 11 is 0. The molecule has 1 aromatic rings. The molecule has 0 radical (unpaired) electrons. The fraction of sp³-hybridized carbons (Fsp3) is 0.444. The lowest BCUT2D eigenvalue weighted by Gasteiger charge is -2.25. The first-order chi connectivity index (χ1) is 8.76. The van der Waals surface area contributed by atoms with E-state index in [9.17, 15) is 14.9 Å². The predicted octanol–water partition coefficient (Wildman–Crippen LogP) is -0.264. The molecule has 0 bridgehead atoms. The van der Waals surface area contributed by atoms with E-state index in [1.54, 1.807) is 13.8 Å². The third-order valence-corrected chi connectivity index (χ3v) is 2.21. The van der Waals surface area contributed by atoms with Gasteiger partial charge in [0.25, 0.3) is 0 Å². The zero-order valence-electron chi connectivity index (χ0n) is 10.5. The molecule has 0 aromatic carbocycles. The normalized spacial score (nSPS) is 10.9. The molecule has 1 rings (SSSR count). The lowest BCUT2D eigenvalue weighted by Crippen LogP contribution is -2.36. The number of carbonyl (C=O) groups excluding carboxylic acids is 1. The Morgan fingerprint density at radius 3 is 2.53 bits per heavy atom. The standard InChI is InChI=1S/C9H15N7O3/c1-9(2,3-5(10)17)14-7-6(16(18)19)8(15-11)13-4-12-7/h4H,3,11H2,1-2H3,(H2,10,17)(H2,12,13,14,15). The van der Waals surface area contributed by atoms with E-state index in [-0.39, 0.29) is 18.1 Å². The molecule has 0 aliphatic carbocycles. The maximum atomic E-state index is 11.0. The van der Waals surface area contributed by atoms with Gasteiger partial charge in [0, 0.05) is 12.0 Å². The van der Waals surface area contributed by atoms with Gasteiger partial charge in [-0.1, -0.05) is 0 Å². The topological polar surface area (TPSA) is 162 Å². The molecule has 0 saturated carbocycles. The molecular formula is C9H15N7O3. The second kappa shape index (κ2) is 5.44. The summed E-state index contributed by atoms with van der Waals surface area (Å²) in [5.74, 6) is 4.45. The third-order valence-electron chi connectivity index (χ3n) is 2.21. The van der Waals surface area contributed by atoms with E-state index in [1.165, 1.54) is 0 Å². The van der Waals surface area contributed by atoms with E-state index in [0.29, 0.717) is 0 Å². The molecule has 0 saturated heterocycles. The second-order valence-corrected chi connectivity index (χ2v) is 4.47. The Morgan fingerprint density at radius 2 is 2.05 bits per heavy atom. The van der Waals surface area contributed by atoms with Crippen molar-refractivity contribution < 1.29 is 9.72 Å². The van der Waals surface area contributed by atoms with E-state index >= 15 is 0 Å². The lowest BCUT2D eigenvalue weighted by atomic mass is 10.0. The molecule has 0 unspecified atom stereocenters. The van der Waals surface area contributed by atoms with Crippen LogP contribution in [0.2, 0.25) is 0 Å². The van der Waals surface area contributed by atoms with Gasteiger partial charge in [0.2, 0.25) is 17.5 Å². The molecule has 10 heteroatoms. The minimum atomic E-state index is -0.795. The molecule has 6 N–H and O–H groups in total. The van der Waals surface area contributed by atoms with Crippen molar-refractivity contribution >= 4 is 23.2 Å². The van der Waals surface area contributed by atoms with Gasteiger partial charge in [-0.15, -0.1) is 0 Å². The number of amides is 1. The first-order valence-corrected chi connectivity index (χ1v) is 5.29. The number of primary amides is 1. The van der Waals surface area contributed by atoms with Crippen molar-refractivity contribution in [1.82, 2.24) is 9.97 Å². The van der Waals surface area contributed by atoms with Crippen LogP contribution in [0.15, 0.2) is 6.33 Å². The maximum Gasteiger partial charge on any atom is 0.354 e. The summed E-state index contributed by atoms with van der Waals surface area (Å²) in [5, 5.41) is 13.8. The second-order valence-electron chi connectivity index (χ2n) is 4.47. The lowest BCUT2D eigenvalue weighted by molar-refractivity contribution is -0.383. The van der Waals surface area contributed by atoms with Crippen molar-refractivity contribution in [3.05, 3.63) is 16.4 Å². The number of hydrazine groups is 1. The Morgan fingerprint density at radius 1 is 1.47 bits per heavy atom. The van der Waals surface area contributed by atoms with E-state index in [1.807, 2.05) is 0 Å². The van der Waals surface area contributed by atoms with Gasteiger partial charge in [0.05, 0.1) is 4.92 Å². The van der Waals surface area contributed by atoms with Crippen molar-refractivity contribution in [2.45, 2.75) is 25.8 Å². The van der Waals surface area contributed by atoms with Crippen molar-refractivity contribution in [2.24, 2.45) is 11.6 Å². The molecule has 0 spiro atoms. The fourth-order valence-electron chi connectivity index (χ4n) is 1.55. The summed E-state index contributed by atoms with van der Waals surface area (Å²) in [4.78, 5) is 28.7.